The highest BCUT2D eigenvalue weighted by atomic mass is 16.6. The monoisotopic (exact) mass is 187 g/mol. The van der Waals surface area contributed by atoms with E-state index in [0.29, 0.717) is 6.61 Å². The van der Waals surface area contributed by atoms with Crippen molar-refractivity contribution in [1.29, 1.82) is 0 Å². The summed E-state index contributed by atoms with van der Waals surface area (Å²) in [6, 6.07) is -0.0486. The van der Waals surface area contributed by atoms with Crippen LogP contribution in [0.5, 0.6) is 0 Å². The molecule has 1 amide bonds. The molecule has 0 aliphatic carbocycles. The van der Waals surface area contributed by atoms with Gasteiger partial charge in [-0.1, -0.05) is 0 Å². The van der Waals surface area contributed by atoms with Gasteiger partial charge in [0, 0.05) is 0 Å². The Kier molecular flexibility index (Phi) is 2.37. The van der Waals surface area contributed by atoms with E-state index in [0.717, 1.165) is 19.4 Å². The van der Waals surface area contributed by atoms with E-state index in [-0.39, 0.29) is 18.2 Å². The van der Waals surface area contributed by atoms with Crippen LogP contribution in [0, 0.1) is 0 Å². The number of amides is 1. The van der Waals surface area contributed by atoms with Gasteiger partial charge in [0.15, 0.2) is 0 Å². The van der Waals surface area contributed by atoms with E-state index in [1.165, 1.54) is 0 Å². The van der Waals surface area contributed by atoms with E-state index in [4.69, 9.17) is 14.6 Å². The fourth-order valence-corrected chi connectivity index (χ4v) is 1.62. The molecule has 5 nitrogen and oxygen atoms in total. The highest BCUT2D eigenvalue weighted by molar-refractivity contribution is 5.64. The van der Waals surface area contributed by atoms with Crippen LogP contribution in [0.25, 0.3) is 0 Å². The molecule has 2 heterocycles. The third-order valence-corrected chi connectivity index (χ3v) is 2.41. The van der Waals surface area contributed by atoms with Gasteiger partial charge in [-0.05, 0) is 12.8 Å². The van der Waals surface area contributed by atoms with E-state index >= 15 is 0 Å². The Morgan fingerprint density at radius 2 is 1.92 bits per heavy atom. The normalized spacial score (nSPS) is 38.3. The first-order valence-corrected chi connectivity index (χ1v) is 4.48. The molecule has 0 spiro atoms. The van der Waals surface area contributed by atoms with Crippen molar-refractivity contribution in [2.24, 2.45) is 0 Å². The largest absolute Gasteiger partial charge is 0.465 e. The first-order chi connectivity index (χ1) is 6.25. The number of carboxylic acid groups (broad SMARTS) is 1. The Bertz CT molecular complexity index is 196. The first-order valence-electron chi connectivity index (χ1n) is 4.48. The van der Waals surface area contributed by atoms with Crippen molar-refractivity contribution in [1.82, 2.24) is 5.32 Å². The average Bonchev–Trinajstić information content (AvgIpc) is 2.87. The number of epoxide rings is 1. The molecule has 0 radical (unpaired) electrons. The van der Waals surface area contributed by atoms with Gasteiger partial charge in [0.05, 0.1) is 25.4 Å². The Morgan fingerprint density at radius 3 is 2.38 bits per heavy atom. The summed E-state index contributed by atoms with van der Waals surface area (Å²) < 4.78 is 10.6. The summed E-state index contributed by atoms with van der Waals surface area (Å²) in [5, 5.41) is 10.9. The van der Waals surface area contributed by atoms with Crippen LogP contribution in [0.1, 0.15) is 12.8 Å². The Hall–Kier alpha value is -0.810. The van der Waals surface area contributed by atoms with Crippen LogP contribution in [0.2, 0.25) is 0 Å². The molecule has 0 aromatic carbocycles. The lowest BCUT2D eigenvalue weighted by Gasteiger charge is -2.27. The van der Waals surface area contributed by atoms with E-state index < -0.39 is 6.09 Å². The number of ether oxygens (including phenoxy) is 2. The van der Waals surface area contributed by atoms with Crippen molar-refractivity contribution in [3.63, 3.8) is 0 Å². The van der Waals surface area contributed by atoms with Crippen LogP contribution in [-0.4, -0.2) is 42.7 Å². The SMILES string of the molecule is O=C(O)N[C@@H]1CC[C@@H](C2CO2)OC1. The molecule has 3 atom stereocenters. The molecule has 2 N–H and O–H groups in total. The lowest BCUT2D eigenvalue weighted by atomic mass is 10.0. The Balaban J connectivity index is 1.72. The predicted molar refractivity (Wildman–Crippen MR) is 43.7 cm³/mol. The van der Waals surface area contributed by atoms with Crippen LogP contribution in [0.15, 0.2) is 0 Å². The predicted octanol–water partition coefficient (Wildman–Crippen LogP) is 0.200. The summed E-state index contributed by atoms with van der Waals surface area (Å²) in [4.78, 5) is 10.3. The van der Waals surface area contributed by atoms with Crippen molar-refractivity contribution >= 4 is 6.09 Å². The van der Waals surface area contributed by atoms with Gasteiger partial charge in [-0.25, -0.2) is 4.79 Å². The molecule has 74 valence electrons. The second-order valence-electron chi connectivity index (χ2n) is 3.47. The fraction of sp³-hybridized carbons (Fsp3) is 0.875. The van der Waals surface area contributed by atoms with Crippen LogP contribution in [0.3, 0.4) is 0 Å². The molecule has 0 aromatic rings. The maximum absolute atomic E-state index is 10.3. The summed E-state index contributed by atoms with van der Waals surface area (Å²) in [6.45, 7) is 1.26. The summed E-state index contributed by atoms with van der Waals surface area (Å²) >= 11 is 0. The van der Waals surface area contributed by atoms with E-state index in [2.05, 4.69) is 5.32 Å². The standard InChI is InChI=1S/C8H13NO4/c10-8(11)9-5-1-2-6(12-3-5)7-4-13-7/h5-7,9H,1-4H2,(H,10,11)/t5-,6+,7?/m1/s1. The van der Waals surface area contributed by atoms with Gasteiger partial charge in [-0.2, -0.15) is 0 Å². The Labute approximate surface area is 76.0 Å². The minimum Gasteiger partial charge on any atom is -0.465 e. The minimum atomic E-state index is -0.977. The van der Waals surface area contributed by atoms with Gasteiger partial charge in [-0.3, -0.25) is 0 Å². The number of hydrogen-bond acceptors (Lipinski definition) is 3. The minimum absolute atomic E-state index is 0.0486. The topological polar surface area (TPSA) is 71.1 Å². The van der Waals surface area contributed by atoms with Crippen molar-refractivity contribution in [3.05, 3.63) is 0 Å². The number of hydrogen-bond donors (Lipinski definition) is 2. The molecule has 13 heavy (non-hydrogen) atoms. The third-order valence-electron chi connectivity index (χ3n) is 2.41. The van der Waals surface area contributed by atoms with Gasteiger partial charge < -0.3 is 19.9 Å². The number of rotatable bonds is 2. The summed E-state index contributed by atoms with van der Waals surface area (Å²) in [5.74, 6) is 0. The van der Waals surface area contributed by atoms with Crippen LogP contribution in [0.4, 0.5) is 4.79 Å². The van der Waals surface area contributed by atoms with Crippen molar-refractivity contribution in [2.75, 3.05) is 13.2 Å². The zero-order valence-electron chi connectivity index (χ0n) is 7.23. The summed E-state index contributed by atoms with van der Waals surface area (Å²) in [7, 11) is 0. The Morgan fingerprint density at radius 1 is 1.23 bits per heavy atom. The van der Waals surface area contributed by atoms with E-state index in [9.17, 15) is 4.79 Å². The van der Waals surface area contributed by atoms with E-state index in [1.807, 2.05) is 0 Å². The van der Waals surface area contributed by atoms with Gasteiger partial charge in [-0.15, -0.1) is 0 Å². The van der Waals surface area contributed by atoms with Crippen molar-refractivity contribution < 1.29 is 19.4 Å². The first kappa shape index (κ1) is 8.77. The van der Waals surface area contributed by atoms with Crippen LogP contribution < -0.4 is 5.32 Å². The molecule has 2 fully saturated rings. The summed E-state index contributed by atoms with van der Waals surface area (Å²) in [5.41, 5.74) is 0. The quantitative estimate of drug-likeness (QED) is 0.606. The van der Waals surface area contributed by atoms with Crippen molar-refractivity contribution in [2.45, 2.75) is 31.1 Å². The number of nitrogens with one attached hydrogen (secondary N) is 1. The van der Waals surface area contributed by atoms with Gasteiger partial charge in [0.25, 0.3) is 0 Å². The maximum Gasteiger partial charge on any atom is 0.404 e. The molecule has 0 saturated carbocycles. The molecule has 5 heteroatoms. The second kappa shape index (κ2) is 3.51. The lowest BCUT2D eigenvalue weighted by molar-refractivity contribution is -0.0161. The van der Waals surface area contributed by atoms with Gasteiger partial charge in [0.1, 0.15) is 6.10 Å². The fourth-order valence-electron chi connectivity index (χ4n) is 1.62. The number of carbonyl (C=O) groups is 1. The smallest absolute Gasteiger partial charge is 0.404 e. The second-order valence-corrected chi connectivity index (χ2v) is 3.47. The van der Waals surface area contributed by atoms with E-state index in [1.54, 1.807) is 0 Å². The zero-order chi connectivity index (χ0) is 9.26. The molecule has 2 saturated heterocycles. The molecule has 0 aromatic heterocycles. The van der Waals surface area contributed by atoms with Gasteiger partial charge >= 0.3 is 6.09 Å². The molecule has 2 aliphatic heterocycles. The molecular formula is C8H13NO4. The highest BCUT2D eigenvalue weighted by Crippen LogP contribution is 2.25. The molecule has 2 rings (SSSR count). The molecule has 0 bridgehead atoms. The highest BCUT2D eigenvalue weighted by Gasteiger charge is 2.36. The van der Waals surface area contributed by atoms with Crippen LogP contribution in [-0.2, 0) is 9.47 Å². The third kappa shape index (κ3) is 2.32. The summed E-state index contributed by atoms with van der Waals surface area (Å²) in [6.07, 6.45) is 1.21. The van der Waals surface area contributed by atoms with Crippen LogP contribution >= 0.6 is 0 Å². The average molecular weight is 187 g/mol. The van der Waals surface area contributed by atoms with Gasteiger partial charge in [0.2, 0.25) is 0 Å². The maximum atomic E-state index is 10.3. The zero-order valence-corrected chi connectivity index (χ0v) is 7.23. The molecule has 2 aliphatic rings. The lowest BCUT2D eigenvalue weighted by Crippen LogP contribution is -2.43. The molecular weight excluding hydrogens is 174 g/mol. The van der Waals surface area contributed by atoms with Crippen molar-refractivity contribution in [3.8, 4) is 0 Å². The molecule has 1 unspecified atom stereocenters.